The molecule has 0 aliphatic rings. The number of hydrogen-bond donors (Lipinski definition) is 0. The van der Waals surface area contributed by atoms with E-state index in [4.69, 9.17) is 6.58 Å². The number of pyridine rings is 1. The predicted molar refractivity (Wildman–Crippen MR) is 44.0 cm³/mol. The van der Waals surface area contributed by atoms with Crippen molar-refractivity contribution in [2.45, 2.75) is 0 Å². The highest BCUT2D eigenvalue weighted by molar-refractivity contribution is 5.63. The minimum atomic E-state index is 0.898. The van der Waals surface area contributed by atoms with E-state index in [0.29, 0.717) is 0 Å². The zero-order chi connectivity index (χ0) is 7.68. The number of fused-ring (bicyclic) bond motifs is 1. The molecule has 0 fully saturated rings. The van der Waals surface area contributed by atoms with E-state index in [1.54, 1.807) is 12.3 Å². The topological polar surface area (TPSA) is 17.3 Å². The van der Waals surface area contributed by atoms with Crippen LogP contribution in [0.4, 0.5) is 0 Å². The molecular weight excluding hydrogens is 136 g/mol. The Morgan fingerprint density at radius 3 is 3.18 bits per heavy atom. The normalized spacial score (nSPS) is 10.2. The van der Waals surface area contributed by atoms with Crippen molar-refractivity contribution < 1.29 is 0 Å². The smallest absolute Gasteiger partial charge is 0.143 e. The van der Waals surface area contributed by atoms with Crippen molar-refractivity contribution in [1.82, 2.24) is 9.38 Å². The van der Waals surface area contributed by atoms with E-state index in [1.165, 1.54) is 0 Å². The summed E-state index contributed by atoms with van der Waals surface area (Å²) >= 11 is 0. The van der Waals surface area contributed by atoms with Gasteiger partial charge >= 0.3 is 0 Å². The second-order valence-electron chi connectivity index (χ2n) is 2.29. The number of hydrogen-bond acceptors (Lipinski definition) is 1. The van der Waals surface area contributed by atoms with Crippen molar-refractivity contribution in [2.75, 3.05) is 0 Å². The predicted octanol–water partition coefficient (Wildman–Crippen LogP) is 1.78. The summed E-state index contributed by atoms with van der Waals surface area (Å²) in [6.45, 7) is 5.40. The van der Waals surface area contributed by atoms with E-state index in [9.17, 15) is 0 Å². The lowest BCUT2D eigenvalue weighted by molar-refractivity contribution is 1.18. The van der Waals surface area contributed by atoms with Gasteiger partial charge in [-0.1, -0.05) is 12.7 Å². The van der Waals surface area contributed by atoms with Crippen molar-refractivity contribution in [2.24, 2.45) is 0 Å². The lowest BCUT2D eigenvalue weighted by Crippen LogP contribution is -1.84. The maximum atomic E-state index is 5.40. The molecule has 0 amide bonds. The Morgan fingerprint density at radius 1 is 1.45 bits per heavy atom. The minimum Gasteiger partial charge on any atom is -0.307 e. The Bertz CT molecular complexity index is 387. The standard InChI is InChI=1S/C9H7N2/c1-2-8-4-3-6-11-7-5-10-9(8)11/h1-7H. The highest BCUT2D eigenvalue weighted by Crippen LogP contribution is 2.08. The average molecular weight is 143 g/mol. The summed E-state index contributed by atoms with van der Waals surface area (Å²) in [5, 5.41) is 0. The molecule has 0 bridgehead atoms. The van der Waals surface area contributed by atoms with Crippen molar-refractivity contribution in [3.8, 4) is 0 Å². The number of rotatable bonds is 1. The Hall–Kier alpha value is -1.57. The molecule has 0 N–H and O–H groups in total. The van der Waals surface area contributed by atoms with Crippen molar-refractivity contribution >= 4 is 11.7 Å². The van der Waals surface area contributed by atoms with Crippen LogP contribution in [0.25, 0.3) is 11.7 Å². The molecule has 0 saturated carbocycles. The van der Waals surface area contributed by atoms with Crippen LogP contribution in [-0.4, -0.2) is 9.38 Å². The van der Waals surface area contributed by atoms with Gasteiger partial charge in [0.15, 0.2) is 0 Å². The fraction of sp³-hybridized carbons (Fsp3) is 0. The molecule has 2 aromatic heterocycles. The molecule has 53 valence electrons. The number of imidazole rings is 1. The highest BCUT2D eigenvalue weighted by atomic mass is 15.0. The monoisotopic (exact) mass is 143 g/mol. The van der Waals surface area contributed by atoms with Gasteiger partial charge in [0.1, 0.15) is 5.65 Å². The van der Waals surface area contributed by atoms with Crippen LogP contribution < -0.4 is 0 Å². The Labute approximate surface area is 64.8 Å². The third kappa shape index (κ3) is 0.835. The van der Waals surface area contributed by atoms with Gasteiger partial charge < -0.3 is 4.40 Å². The quantitative estimate of drug-likeness (QED) is 0.594. The Balaban J connectivity index is 2.88. The van der Waals surface area contributed by atoms with Gasteiger partial charge in [0.05, 0.1) is 0 Å². The Kier molecular flexibility index (Phi) is 1.25. The van der Waals surface area contributed by atoms with Gasteiger partial charge in [-0.15, -0.1) is 0 Å². The summed E-state index contributed by atoms with van der Waals surface area (Å²) in [4.78, 5) is 4.14. The number of nitrogens with zero attached hydrogens (tertiary/aromatic N) is 2. The molecule has 0 atom stereocenters. The van der Waals surface area contributed by atoms with Gasteiger partial charge in [-0.05, 0) is 12.1 Å². The van der Waals surface area contributed by atoms with Crippen LogP contribution in [0.15, 0.2) is 30.7 Å². The summed E-state index contributed by atoms with van der Waals surface area (Å²) in [5.74, 6) is 0. The molecule has 1 radical (unpaired) electrons. The molecule has 0 unspecified atom stereocenters. The Morgan fingerprint density at radius 2 is 2.36 bits per heavy atom. The fourth-order valence-corrected chi connectivity index (χ4v) is 1.10. The first-order chi connectivity index (χ1) is 5.42. The van der Waals surface area contributed by atoms with E-state index in [-0.39, 0.29) is 0 Å². The van der Waals surface area contributed by atoms with E-state index in [1.807, 2.05) is 28.9 Å². The van der Waals surface area contributed by atoms with Crippen LogP contribution in [0, 0.1) is 6.58 Å². The van der Waals surface area contributed by atoms with E-state index in [0.717, 1.165) is 11.2 Å². The summed E-state index contributed by atoms with van der Waals surface area (Å²) in [7, 11) is 0. The van der Waals surface area contributed by atoms with Crippen LogP contribution in [0.5, 0.6) is 0 Å². The lowest BCUT2D eigenvalue weighted by atomic mass is 10.3. The third-order valence-electron chi connectivity index (χ3n) is 1.63. The van der Waals surface area contributed by atoms with Crippen molar-refractivity contribution in [3.05, 3.63) is 42.9 Å². The first-order valence-electron chi connectivity index (χ1n) is 3.38. The molecule has 2 aromatic rings. The first kappa shape index (κ1) is 6.16. The van der Waals surface area contributed by atoms with E-state index < -0.39 is 0 Å². The molecule has 11 heavy (non-hydrogen) atoms. The van der Waals surface area contributed by atoms with E-state index >= 15 is 0 Å². The largest absolute Gasteiger partial charge is 0.307 e. The zero-order valence-electron chi connectivity index (χ0n) is 5.94. The fourth-order valence-electron chi connectivity index (χ4n) is 1.10. The van der Waals surface area contributed by atoms with Gasteiger partial charge in [-0.3, -0.25) is 0 Å². The lowest BCUT2D eigenvalue weighted by Gasteiger charge is -1.95. The summed E-state index contributed by atoms with van der Waals surface area (Å²) in [6, 6.07) is 3.87. The van der Waals surface area contributed by atoms with Gasteiger partial charge in [0.25, 0.3) is 0 Å². The first-order valence-corrected chi connectivity index (χ1v) is 3.38. The van der Waals surface area contributed by atoms with Crippen molar-refractivity contribution in [3.63, 3.8) is 0 Å². The third-order valence-corrected chi connectivity index (χ3v) is 1.63. The molecule has 0 aliphatic carbocycles. The maximum absolute atomic E-state index is 5.40. The average Bonchev–Trinajstić information content (AvgIpc) is 2.50. The summed E-state index contributed by atoms with van der Waals surface area (Å²) in [6.07, 6.45) is 7.14. The van der Waals surface area contributed by atoms with Gasteiger partial charge in [-0.25, -0.2) is 4.98 Å². The van der Waals surface area contributed by atoms with Crippen LogP contribution in [0.1, 0.15) is 5.56 Å². The summed E-state index contributed by atoms with van der Waals surface area (Å²) < 4.78 is 1.93. The summed E-state index contributed by atoms with van der Waals surface area (Å²) in [5.41, 5.74) is 1.85. The van der Waals surface area contributed by atoms with Crippen LogP contribution in [0.2, 0.25) is 0 Å². The molecule has 2 heteroatoms. The highest BCUT2D eigenvalue weighted by Gasteiger charge is 1.95. The van der Waals surface area contributed by atoms with Gasteiger partial charge in [0, 0.05) is 24.2 Å². The molecule has 2 nitrogen and oxygen atoms in total. The zero-order valence-corrected chi connectivity index (χ0v) is 5.94. The SMILES string of the molecule is [CH]=Cc1cccn2ccnc12. The molecule has 2 rings (SSSR count). The van der Waals surface area contributed by atoms with Crippen LogP contribution in [0.3, 0.4) is 0 Å². The second kappa shape index (κ2) is 2.23. The molecule has 0 aromatic carbocycles. The number of aromatic nitrogens is 2. The van der Waals surface area contributed by atoms with E-state index in [2.05, 4.69) is 4.98 Å². The molecule has 0 spiro atoms. The van der Waals surface area contributed by atoms with Crippen molar-refractivity contribution in [1.29, 1.82) is 0 Å². The minimum absolute atomic E-state index is 0.898. The molecule has 0 saturated heterocycles. The van der Waals surface area contributed by atoms with Gasteiger partial charge in [0.2, 0.25) is 0 Å². The molecular formula is C9H7N2. The molecule has 2 heterocycles. The maximum Gasteiger partial charge on any atom is 0.143 e. The second-order valence-corrected chi connectivity index (χ2v) is 2.29. The van der Waals surface area contributed by atoms with Crippen LogP contribution in [-0.2, 0) is 0 Å². The van der Waals surface area contributed by atoms with Gasteiger partial charge in [-0.2, -0.15) is 0 Å². The molecule has 0 aliphatic heterocycles. The van der Waals surface area contributed by atoms with Crippen LogP contribution >= 0.6 is 0 Å².